The van der Waals surface area contributed by atoms with Crippen molar-refractivity contribution in [3.8, 4) is 0 Å². The van der Waals surface area contributed by atoms with Gasteiger partial charge >= 0.3 is 25.8 Å². The molecule has 0 unspecified atom stereocenters. The molecule has 0 rings (SSSR count). The van der Waals surface area contributed by atoms with Crippen LogP contribution < -0.4 is 0 Å². The average molecular weight is 268 g/mol. The molecule has 7 heavy (non-hydrogen) atoms. The van der Waals surface area contributed by atoms with Gasteiger partial charge in [-0.05, 0) is 0 Å². The molecule has 0 heterocycles. The molecule has 2 heteroatoms. The van der Waals surface area contributed by atoms with Crippen LogP contribution in [0.5, 0.6) is 0 Å². The van der Waals surface area contributed by atoms with Gasteiger partial charge in [-0.1, -0.05) is 0 Å². The van der Waals surface area contributed by atoms with Gasteiger partial charge in [0.05, 0.1) is 0 Å². The van der Waals surface area contributed by atoms with E-state index in [2.05, 4.69) is 5.32 Å². The molecule has 0 spiro atoms. The maximum absolute atomic E-state index is 3.50. The van der Waals surface area contributed by atoms with Crippen LogP contribution in [0.25, 0.3) is 5.32 Å². The summed E-state index contributed by atoms with van der Waals surface area (Å²) in [5, 5.41) is 3.50. The molecule has 0 amide bonds. The van der Waals surface area contributed by atoms with Crippen LogP contribution in [0, 0.1) is 22.3 Å². The summed E-state index contributed by atoms with van der Waals surface area (Å²) in [6.45, 7) is 0. The molecule has 0 aromatic carbocycles. The van der Waals surface area contributed by atoms with E-state index in [-0.39, 0.29) is 48.1 Å². The molecule has 0 atom stereocenters. The summed E-state index contributed by atoms with van der Waals surface area (Å²) in [6.07, 6.45) is 0. The first-order valence-electron chi connectivity index (χ1n) is 0.894. The van der Waals surface area contributed by atoms with Crippen LogP contribution in [0.4, 0.5) is 0 Å². The third-order valence-corrected chi connectivity index (χ3v) is 0. The molecule has 0 aromatic rings. The molecular weight excluding hydrogens is 253 g/mol. The maximum atomic E-state index is 3.50. The first kappa shape index (κ1) is 45.6. The van der Waals surface area contributed by atoms with Crippen molar-refractivity contribution in [1.29, 1.82) is 0 Å². The van der Waals surface area contributed by atoms with E-state index >= 15 is 0 Å². The summed E-state index contributed by atoms with van der Waals surface area (Å²) < 4.78 is 0. The molecule has 0 fully saturated rings. The van der Waals surface area contributed by atoms with Crippen LogP contribution >= 0.6 is 0 Å². The van der Waals surface area contributed by atoms with E-state index in [0.717, 1.165) is 0 Å². The zero-order valence-electron chi connectivity index (χ0n) is 5.95. The van der Waals surface area contributed by atoms with Gasteiger partial charge in [-0.15, -0.1) is 0 Å². The van der Waals surface area contributed by atoms with Gasteiger partial charge in [0.1, 0.15) is 0 Å². The molecule has 0 N–H and O–H groups in total. The normalized spacial score (nSPS) is 2.57. The van der Waals surface area contributed by atoms with E-state index in [1.165, 1.54) is 0 Å². The molecule has 1 nitrogen and oxygen atoms in total. The fraction of sp³-hybridized carbons (Fsp3) is 0.400. The van der Waals surface area contributed by atoms with E-state index in [1.807, 2.05) is 0 Å². The van der Waals surface area contributed by atoms with Crippen molar-refractivity contribution in [1.82, 2.24) is 0 Å². The second-order valence-electron chi connectivity index (χ2n) is 0.447. The van der Waals surface area contributed by atoms with Gasteiger partial charge in [0.25, 0.3) is 0 Å². The Bertz CT molecular complexity index is 8.04. The number of hydrogen-bond donors (Lipinski definition) is 0. The summed E-state index contributed by atoms with van der Waals surface area (Å²) in [6, 6.07) is 0. The zero-order valence-corrected chi connectivity index (χ0v) is 9.54. The summed E-state index contributed by atoms with van der Waals surface area (Å²) in [5.41, 5.74) is 0. The SMILES string of the molecule is C[N-]C.[CH3-].[CH3-].[CH3-].[Hf+4]. The largest absolute Gasteiger partial charge is 4.00 e. The van der Waals surface area contributed by atoms with Gasteiger partial charge < -0.3 is 27.6 Å². The molecule has 0 saturated carbocycles. The molecule has 0 aliphatic heterocycles. The van der Waals surface area contributed by atoms with E-state index in [1.54, 1.807) is 14.1 Å². The van der Waals surface area contributed by atoms with Crippen molar-refractivity contribution in [3.05, 3.63) is 27.6 Å². The Balaban J connectivity index is -0.00000000333. The predicted octanol–water partition coefficient (Wildman–Crippen LogP) is 1.97. The number of hydrogen-bond acceptors (Lipinski definition) is 0. The van der Waals surface area contributed by atoms with E-state index in [0.29, 0.717) is 0 Å². The van der Waals surface area contributed by atoms with Crippen LogP contribution in [-0.2, 0) is 25.8 Å². The minimum atomic E-state index is 0. The third kappa shape index (κ3) is 231. The van der Waals surface area contributed by atoms with Crippen molar-refractivity contribution < 1.29 is 25.8 Å². The van der Waals surface area contributed by atoms with Gasteiger partial charge in [-0.2, -0.15) is 14.1 Å². The first-order chi connectivity index (χ1) is 1.41. The van der Waals surface area contributed by atoms with Crippen molar-refractivity contribution in [2.45, 2.75) is 0 Å². The Hall–Kier alpha value is 0.830. The summed E-state index contributed by atoms with van der Waals surface area (Å²) in [5.74, 6) is 0. The van der Waals surface area contributed by atoms with Crippen LogP contribution in [0.2, 0.25) is 0 Å². The minimum absolute atomic E-state index is 0. The third-order valence-electron chi connectivity index (χ3n) is 0. The van der Waals surface area contributed by atoms with Crippen LogP contribution in [0.1, 0.15) is 0 Å². The molecular formula is C5H15HfN. The van der Waals surface area contributed by atoms with E-state index in [4.69, 9.17) is 0 Å². The second kappa shape index (κ2) is 69.3. The Morgan fingerprint density at radius 1 is 0.857 bits per heavy atom. The Morgan fingerprint density at radius 3 is 0.857 bits per heavy atom. The van der Waals surface area contributed by atoms with Crippen molar-refractivity contribution >= 4 is 0 Å². The standard InChI is InChI=1S/C2H6N.3CH3.Hf/c1-3-2;;;;/h1-2H3;3*1H3;/q4*-1;+4. The Kier molecular flexibility index (Phi) is 452. The van der Waals surface area contributed by atoms with Crippen molar-refractivity contribution in [2.75, 3.05) is 14.1 Å². The predicted molar refractivity (Wildman–Crippen MR) is 34.4 cm³/mol. The van der Waals surface area contributed by atoms with E-state index in [9.17, 15) is 0 Å². The first-order valence-corrected chi connectivity index (χ1v) is 0.894. The van der Waals surface area contributed by atoms with Gasteiger partial charge in [0.2, 0.25) is 0 Å². The topological polar surface area (TPSA) is 14.1 Å². The number of nitrogens with zero attached hydrogens (tertiary/aromatic N) is 1. The van der Waals surface area contributed by atoms with Crippen LogP contribution in [0.3, 0.4) is 0 Å². The van der Waals surface area contributed by atoms with E-state index < -0.39 is 0 Å². The fourth-order valence-corrected chi connectivity index (χ4v) is 0. The van der Waals surface area contributed by atoms with Gasteiger partial charge in [-0.25, -0.2) is 0 Å². The quantitative estimate of drug-likeness (QED) is 0.471. The molecule has 0 aliphatic carbocycles. The molecule has 0 aliphatic rings. The van der Waals surface area contributed by atoms with Crippen molar-refractivity contribution in [3.63, 3.8) is 0 Å². The summed E-state index contributed by atoms with van der Waals surface area (Å²) in [7, 11) is 3.50. The average Bonchev–Trinajstić information content (AvgIpc) is 0.918. The minimum Gasteiger partial charge on any atom is -0.668 e. The molecule has 0 radical (unpaired) electrons. The Morgan fingerprint density at radius 2 is 0.857 bits per heavy atom. The monoisotopic (exact) mass is 269 g/mol. The van der Waals surface area contributed by atoms with Gasteiger partial charge in [0, 0.05) is 0 Å². The smallest absolute Gasteiger partial charge is 0.668 e. The maximum Gasteiger partial charge on any atom is 4.00 e. The van der Waals surface area contributed by atoms with Crippen molar-refractivity contribution in [2.24, 2.45) is 0 Å². The Labute approximate surface area is 67.7 Å². The van der Waals surface area contributed by atoms with Gasteiger partial charge in [0.15, 0.2) is 0 Å². The number of rotatable bonds is 0. The van der Waals surface area contributed by atoms with Gasteiger partial charge in [-0.3, -0.25) is 0 Å². The fourth-order valence-electron chi connectivity index (χ4n) is 0. The van der Waals surface area contributed by atoms with Crippen LogP contribution in [-0.4, -0.2) is 14.1 Å². The molecule has 0 aromatic heterocycles. The van der Waals surface area contributed by atoms with Crippen LogP contribution in [0.15, 0.2) is 0 Å². The molecule has 0 saturated heterocycles. The molecule has 44 valence electrons. The zero-order chi connectivity index (χ0) is 2.71. The molecule has 0 bridgehead atoms. The second-order valence-corrected chi connectivity index (χ2v) is 0.447. The summed E-state index contributed by atoms with van der Waals surface area (Å²) >= 11 is 0. The summed E-state index contributed by atoms with van der Waals surface area (Å²) in [4.78, 5) is 0.